The van der Waals surface area contributed by atoms with Crippen LogP contribution in [0, 0.1) is 5.92 Å². The molecule has 2 N–H and O–H groups in total. The number of sulfonamides is 1. The van der Waals surface area contributed by atoms with E-state index in [1.54, 1.807) is 0 Å². The summed E-state index contributed by atoms with van der Waals surface area (Å²) in [6, 6.07) is 5.01. The zero-order chi connectivity index (χ0) is 21.9. The molecular weight excluding hydrogens is 400 g/mol. The van der Waals surface area contributed by atoms with Crippen LogP contribution in [0.25, 0.3) is 0 Å². The van der Waals surface area contributed by atoms with Crippen molar-refractivity contribution in [3.63, 3.8) is 0 Å². The normalized spacial score (nSPS) is 12.1. The highest BCUT2D eigenvalue weighted by Gasteiger charge is 2.26. The minimum Gasteiger partial charge on any atom is -0.462 e. The Morgan fingerprint density at radius 3 is 2.38 bits per heavy atom. The van der Waals surface area contributed by atoms with E-state index < -0.39 is 27.8 Å². The summed E-state index contributed by atoms with van der Waals surface area (Å²) < 4.78 is 31.9. The summed E-state index contributed by atoms with van der Waals surface area (Å²) in [6.45, 7) is 3.78. The number of carbonyl (C=O) groups is 3. The first-order valence-corrected chi connectivity index (χ1v) is 11.0. The average Bonchev–Trinajstić information content (AvgIpc) is 2.70. The molecule has 0 spiro atoms. The minimum absolute atomic E-state index is 0.158. The van der Waals surface area contributed by atoms with Crippen molar-refractivity contribution >= 4 is 28.3 Å². The molecule has 2 amide bonds. The van der Waals surface area contributed by atoms with Crippen LogP contribution < -0.4 is 4.72 Å². The Hall–Kier alpha value is -2.46. The second kappa shape index (κ2) is 12.2. The lowest BCUT2D eigenvalue weighted by Crippen LogP contribution is -2.40. The molecule has 0 saturated carbocycles. The van der Waals surface area contributed by atoms with Gasteiger partial charge in [-0.25, -0.2) is 23.0 Å². The third-order valence-corrected chi connectivity index (χ3v) is 5.49. The first kappa shape index (κ1) is 24.6. The number of amides is 2. The van der Waals surface area contributed by atoms with Gasteiger partial charge in [0.1, 0.15) is 0 Å². The molecule has 162 valence electrons. The van der Waals surface area contributed by atoms with Gasteiger partial charge in [0.05, 0.1) is 29.5 Å². The lowest BCUT2D eigenvalue weighted by Gasteiger charge is -2.19. The maximum Gasteiger partial charge on any atom is 0.338 e. The first-order chi connectivity index (χ1) is 13.7. The van der Waals surface area contributed by atoms with Crippen molar-refractivity contribution in [1.29, 1.82) is 0 Å². The van der Waals surface area contributed by atoms with Gasteiger partial charge >= 0.3 is 5.97 Å². The highest BCUT2D eigenvalue weighted by atomic mass is 32.2. The smallest absolute Gasteiger partial charge is 0.338 e. The Morgan fingerprint density at radius 1 is 1.17 bits per heavy atom. The van der Waals surface area contributed by atoms with Crippen LogP contribution in [-0.2, 0) is 24.3 Å². The zero-order valence-corrected chi connectivity index (χ0v) is 17.5. The Bertz CT molecular complexity index is 778. The molecule has 0 aliphatic carbocycles. The number of carbonyl (C=O) groups excluding carboxylic acids is 3. The van der Waals surface area contributed by atoms with Crippen LogP contribution >= 0.6 is 0 Å². The summed E-state index contributed by atoms with van der Waals surface area (Å²) >= 11 is 0. The van der Waals surface area contributed by atoms with E-state index in [9.17, 15) is 28.0 Å². The van der Waals surface area contributed by atoms with Crippen LogP contribution in [0.1, 0.15) is 56.3 Å². The highest BCUT2D eigenvalue weighted by Crippen LogP contribution is 2.15. The lowest BCUT2D eigenvalue weighted by molar-refractivity contribution is -0.154. The molecule has 1 rings (SSSR count). The third kappa shape index (κ3) is 8.20. The summed E-state index contributed by atoms with van der Waals surface area (Å²) in [6.07, 6.45) is 3.52. The fourth-order valence-corrected chi connectivity index (χ4v) is 3.58. The van der Waals surface area contributed by atoms with Gasteiger partial charge in [0.25, 0.3) is 10.0 Å². The second-order valence-corrected chi connectivity index (χ2v) is 8.23. The van der Waals surface area contributed by atoms with Gasteiger partial charge in [0, 0.05) is 0 Å². The molecule has 0 aromatic heterocycles. The second-order valence-electron chi connectivity index (χ2n) is 6.55. The topological polar surface area (TPSA) is 130 Å². The average molecular weight is 429 g/mol. The number of unbranched alkanes of at least 4 members (excludes halogenated alkanes) is 2. The molecular formula is C19H28N2O7S. The van der Waals surface area contributed by atoms with Crippen molar-refractivity contribution in [1.82, 2.24) is 9.79 Å². The van der Waals surface area contributed by atoms with Gasteiger partial charge in [-0.15, -0.1) is 0 Å². The van der Waals surface area contributed by atoms with E-state index in [1.807, 2.05) is 18.6 Å². The van der Waals surface area contributed by atoms with E-state index in [0.717, 1.165) is 12.8 Å². The number of hydroxylamine groups is 2. The van der Waals surface area contributed by atoms with Gasteiger partial charge in [0.15, 0.2) is 0 Å². The van der Waals surface area contributed by atoms with Gasteiger partial charge in [-0.3, -0.25) is 14.8 Å². The Balaban J connectivity index is 2.87. The monoisotopic (exact) mass is 428 g/mol. The lowest BCUT2D eigenvalue weighted by atomic mass is 10.0. The number of hydrogen-bond donors (Lipinski definition) is 2. The number of ether oxygens (including phenoxy) is 1. The van der Waals surface area contributed by atoms with Crippen molar-refractivity contribution in [3.8, 4) is 0 Å². The molecule has 29 heavy (non-hydrogen) atoms. The quantitative estimate of drug-likeness (QED) is 0.162. The SMILES string of the molecule is CCCCCC(CN(O)C=O)C(=O)NS(=O)(=O)c1ccc(C(=O)OCCC)cc1. The summed E-state index contributed by atoms with van der Waals surface area (Å²) in [4.78, 5) is 34.7. The zero-order valence-electron chi connectivity index (χ0n) is 16.7. The molecule has 0 aliphatic rings. The van der Waals surface area contributed by atoms with Gasteiger partial charge < -0.3 is 4.74 Å². The molecule has 9 nitrogen and oxygen atoms in total. The predicted octanol–water partition coefficient (Wildman–Crippen LogP) is 2.10. The molecule has 0 heterocycles. The fraction of sp³-hybridized carbons (Fsp3) is 0.526. The largest absolute Gasteiger partial charge is 0.462 e. The molecule has 0 saturated heterocycles. The number of esters is 1. The van der Waals surface area contributed by atoms with E-state index in [-0.39, 0.29) is 30.0 Å². The molecule has 1 unspecified atom stereocenters. The van der Waals surface area contributed by atoms with Crippen LogP contribution in [0.15, 0.2) is 29.2 Å². The van der Waals surface area contributed by atoms with Gasteiger partial charge in [0.2, 0.25) is 12.3 Å². The molecule has 1 atom stereocenters. The van der Waals surface area contributed by atoms with Crippen molar-refractivity contribution in [2.45, 2.75) is 50.8 Å². The standard InChI is InChI=1S/C19H28N2O7S/c1-3-5-6-7-16(13-21(25)14-22)18(23)20-29(26,27)17-10-8-15(9-11-17)19(24)28-12-4-2/h8-11,14,16,25H,3-7,12-13H2,1-2H3,(H,20,23). The van der Waals surface area contributed by atoms with Gasteiger partial charge in [-0.2, -0.15) is 0 Å². The predicted molar refractivity (Wildman–Crippen MR) is 105 cm³/mol. The molecule has 0 aliphatic heterocycles. The van der Waals surface area contributed by atoms with E-state index in [4.69, 9.17) is 4.74 Å². The Labute approximate surface area is 171 Å². The van der Waals surface area contributed by atoms with Crippen LogP contribution in [0.2, 0.25) is 0 Å². The van der Waals surface area contributed by atoms with Gasteiger partial charge in [-0.05, 0) is 37.1 Å². The fourth-order valence-electron chi connectivity index (χ4n) is 2.54. The number of rotatable bonds is 13. The van der Waals surface area contributed by atoms with Gasteiger partial charge in [-0.1, -0.05) is 33.1 Å². The van der Waals surface area contributed by atoms with Crippen LogP contribution in [0.3, 0.4) is 0 Å². The van der Waals surface area contributed by atoms with E-state index >= 15 is 0 Å². The molecule has 0 radical (unpaired) electrons. The molecule has 1 aromatic rings. The summed E-state index contributed by atoms with van der Waals surface area (Å²) in [5, 5.41) is 9.70. The van der Waals surface area contributed by atoms with E-state index in [2.05, 4.69) is 0 Å². The van der Waals surface area contributed by atoms with Crippen molar-refractivity contribution in [2.75, 3.05) is 13.2 Å². The third-order valence-electron chi connectivity index (χ3n) is 4.13. The van der Waals surface area contributed by atoms with E-state index in [0.29, 0.717) is 24.3 Å². The molecule has 0 fully saturated rings. The summed E-state index contributed by atoms with van der Waals surface area (Å²) in [5.41, 5.74) is 0.197. The molecule has 0 bridgehead atoms. The minimum atomic E-state index is -4.18. The maximum atomic E-state index is 12.5. The van der Waals surface area contributed by atoms with E-state index in [1.165, 1.54) is 24.3 Å². The summed E-state index contributed by atoms with van der Waals surface area (Å²) in [5.74, 6) is -2.25. The van der Waals surface area contributed by atoms with Crippen LogP contribution in [0.5, 0.6) is 0 Å². The molecule has 10 heteroatoms. The summed E-state index contributed by atoms with van der Waals surface area (Å²) in [7, 11) is -4.18. The number of benzene rings is 1. The van der Waals surface area contributed by atoms with Crippen LogP contribution in [0.4, 0.5) is 0 Å². The Morgan fingerprint density at radius 2 is 1.83 bits per heavy atom. The number of nitrogens with zero attached hydrogens (tertiary/aromatic N) is 1. The van der Waals surface area contributed by atoms with Crippen molar-refractivity contribution in [2.24, 2.45) is 5.92 Å². The maximum absolute atomic E-state index is 12.5. The van der Waals surface area contributed by atoms with Crippen LogP contribution in [-0.4, -0.2) is 50.1 Å². The van der Waals surface area contributed by atoms with Crippen molar-refractivity contribution < 1.29 is 32.7 Å². The molecule has 1 aromatic carbocycles. The highest BCUT2D eigenvalue weighted by molar-refractivity contribution is 7.90. The number of nitrogens with one attached hydrogen (secondary N) is 1. The first-order valence-electron chi connectivity index (χ1n) is 9.49. The Kier molecular flexibility index (Phi) is 10.3. The van der Waals surface area contributed by atoms with Crippen molar-refractivity contribution in [3.05, 3.63) is 29.8 Å². The number of hydrogen-bond acceptors (Lipinski definition) is 7.